The minimum absolute atomic E-state index is 0.668. The Balaban J connectivity index is 4.01. The Hall–Kier alpha value is -1.52. The number of carbonyl (C=O) groups excluding carboxylic acids is 4. The summed E-state index contributed by atoms with van der Waals surface area (Å²) in [7, 11) is 0. The molecule has 0 aromatic carbocycles. The highest BCUT2D eigenvalue weighted by atomic mass is 16.7. The van der Waals surface area contributed by atoms with E-state index in [2.05, 4.69) is 0 Å². The summed E-state index contributed by atoms with van der Waals surface area (Å²) in [5.41, 5.74) is -10.2. The molecule has 0 aromatic heterocycles. The lowest BCUT2D eigenvalue weighted by Gasteiger charge is -2.59. The maximum absolute atomic E-state index is 12.1. The van der Waals surface area contributed by atoms with Gasteiger partial charge in [-0.1, -0.05) is 0 Å². The number of ether oxygens (including phenoxy) is 1. The van der Waals surface area contributed by atoms with Crippen molar-refractivity contribution in [3.63, 3.8) is 0 Å². The molecule has 9 heteroatoms. The molecule has 0 amide bonds. The molecule has 0 saturated carbocycles. The van der Waals surface area contributed by atoms with Gasteiger partial charge < -0.3 is 25.2 Å². The van der Waals surface area contributed by atoms with Gasteiger partial charge in [-0.05, 0) is 27.7 Å². The van der Waals surface area contributed by atoms with E-state index in [0.717, 1.165) is 20.8 Å². The van der Waals surface area contributed by atoms with Gasteiger partial charge >= 0.3 is 0 Å². The van der Waals surface area contributed by atoms with Crippen molar-refractivity contribution in [1.29, 1.82) is 0 Å². The number of aliphatic hydroxyl groups is 4. The van der Waals surface area contributed by atoms with Crippen LogP contribution in [0.5, 0.6) is 0 Å². The third-order valence-corrected chi connectivity index (χ3v) is 4.53. The van der Waals surface area contributed by atoms with Gasteiger partial charge in [0, 0.05) is 6.92 Å². The molecule has 0 aromatic rings. The molecule has 1 heterocycles. The number of carbonyl (C=O) groups is 4. The molecule has 1 aliphatic rings. The fourth-order valence-corrected chi connectivity index (χ4v) is 3.14. The summed E-state index contributed by atoms with van der Waals surface area (Å²) >= 11 is 0. The van der Waals surface area contributed by atoms with E-state index in [1.165, 1.54) is 0 Å². The zero-order chi connectivity index (χ0) is 18.6. The average molecular weight is 332 g/mol. The largest absolute Gasteiger partial charge is 0.376 e. The highest BCUT2D eigenvalue weighted by Gasteiger charge is 2.83. The van der Waals surface area contributed by atoms with Gasteiger partial charge in [-0.15, -0.1) is 0 Å². The molecule has 0 radical (unpaired) electrons. The van der Waals surface area contributed by atoms with Crippen molar-refractivity contribution in [3.05, 3.63) is 0 Å². The Kier molecular flexibility index (Phi) is 4.46. The third kappa shape index (κ3) is 1.91. The Morgan fingerprint density at radius 2 is 1.13 bits per heavy atom. The zero-order valence-corrected chi connectivity index (χ0v) is 13.4. The Morgan fingerprint density at radius 1 is 0.739 bits per heavy atom. The fraction of sp³-hybridized carbons (Fsp3) is 0.714. The highest BCUT2D eigenvalue weighted by molar-refractivity contribution is 6.08. The first-order valence-electron chi connectivity index (χ1n) is 6.77. The van der Waals surface area contributed by atoms with Gasteiger partial charge in [0.05, 0.1) is 6.10 Å². The SMILES string of the molecule is CC(=O)[C@]1(O)[C@@](O)(C(C)=O)[C@@](O)(C(C)=O)O[C@@H](C)[C@]1(O)C(C)=O. The van der Waals surface area contributed by atoms with Crippen LogP contribution >= 0.6 is 0 Å². The Morgan fingerprint density at radius 3 is 1.39 bits per heavy atom. The summed E-state index contributed by atoms with van der Waals surface area (Å²) in [6.07, 6.45) is -1.79. The van der Waals surface area contributed by atoms with E-state index < -0.39 is 51.8 Å². The number of ketones is 4. The molecule has 4 N–H and O–H groups in total. The van der Waals surface area contributed by atoms with E-state index in [4.69, 9.17) is 4.74 Å². The van der Waals surface area contributed by atoms with Crippen molar-refractivity contribution in [1.82, 2.24) is 0 Å². The zero-order valence-electron chi connectivity index (χ0n) is 13.4. The van der Waals surface area contributed by atoms with Crippen LogP contribution in [0.3, 0.4) is 0 Å². The molecule has 1 rings (SSSR count). The summed E-state index contributed by atoms with van der Waals surface area (Å²) in [4.78, 5) is 47.8. The molecule has 5 atom stereocenters. The van der Waals surface area contributed by atoms with Gasteiger partial charge in [0.1, 0.15) is 0 Å². The first kappa shape index (κ1) is 19.5. The number of hydrogen-bond donors (Lipinski definition) is 4. The molecule has 1 aliphatic heterocycles. The molecule has 0 bridgehead atoms. The second-order valence-corrected chi connectivity index (χ2v) is 5.82. The summed E-state index contributed by atoms with van der Waals surface area (Å²) in [5.74, 6) is -8.68. The monoisotopic (exact) mass is 332 g/mol. The van der Waals surface area contributed by atoms with Gasteiger partial charge in [-0.25, -0.2) is 0 Å². The lowest BCUT2D eigenvalue weighted by molar-refractivity contribution is -0.385. The quantitative estimate of drug-likeness (QED) is 0.442. The molecule has 1 fully saturated rings. The van der Waals surface area contributed by atoms with Crippen LogP contribution in [0.2, 0.25) is 0 Å². The molecule has 0 aliphatic carbocycles. The maximum Gasteiger partial charge on any atom is 0.267 e. The topological polar surface area (TPSA) is 158 Å². The van der Waals surface area contributed by atoms with Gasteiger partial charge in [0.2, 0.25) is 11.2 Å². The minimum atomic E-state index is -3.59. The van der Waals surface area contributed by atoms with Crippen molar-refractivity contribution < 1.29 is 44.3 Å². The predicted molar refractivity (Wildman–Crippen MR) is 73.1 cm³/mol. The molecular weight excluding hydrogens is 312 g/mol. The summed E-state index contributed by atoms with van der Waals surface area (Å²) in [5, 5.41) is 42.6. The van der Waals surface area contributed by atoms with Crippen LogP contribution in [0.1, 0.15) is 34.6 Å². The van der Waals surface area contributed by atoms with Crippen LogP contribution in [-0.4, -0.2) is 72.3 Å². The molecule has 130 valence electrons. The van der Waals surface area contributed by atoms with Crippen molar-refractivity contribution in [2.45, 2.75) is 63.3 Å². The van der Waals surface area contributed by atoms with Crippen molar-refractivity contribution in [2.24, 2.45) is 0 Å². The van der Waals surface area contributed by atoms with Crippen molar-refractivity contribution in [3.8, 4) is 0 Å². The second-order valence-electron chi connectivity index (χ2n) is 5.82. The highest BCUT2D eigenvalue weighted by Crippen LogP contribution is 2.50. The molecule has 0 unspecified atom stereocenters. The lowest BCUT2D eigenvalue weighted by Crippen LogP contribution is -2.90. The normalized spacial score (nSPS) is 43.8. The Bertz CT molecular complexity index is 599. The van der Waals surface area contributed by atoms with Crippen molar-refractivity contribution >= 4 is 23.1 Å². The van der Waals surface area contributed by atoms with Crippen LogP contribution in [0.4, 0.5) is 0 Å². The number of rotatable bonds is 4. The average Bonchev–Trinajstić information content (AvgIpc) is 2.41. The molecular formula is C14H20O9. The van der Waals surface area contributed by atoms with Gasteiger partial charge in [-0.3, -0.25) is 19.2 Å². The molecule has 9 nitrogen and oxygen atoms in total. The number of Topliss-reactive ketones (excluding diaryl/α,β-unsaturated/α-hetero) is 4. The van der Waals surface area contributed by atoms with Crippen LogP contribution in [0, 0.1) is 0 Å². The van der Waals surface area contributed by atoms with Crippen LogP contribution in [0.25, 0.3) is 0 Å². The predicted octanol–water partition coefficient (Wildman–Crippen LogP) is -2.36. The van der Waals surface area contributed by atoms with E-state index in [1.807, 2.05) is 0 Å². The summed E-state index contributed by atoms with van der Waals surface area (Å²) in [6, 6.07) is 0. The van der Waals surface area contributed by atoms with Gasteiger partial charge in [0.15, 0.2) is 28.7 Å². The maximum atomic E-state index is 12.1. The first-order chi connectivity index (χ1) is 10.2. The standard InChI is InChI=1S/C14H20O9/c1-6(15)11(19)10(5)23-14(22,9(4)18)13(21,8(3)17)12(11,20)7(2)16/h10,19-22H,1-5H3/t10-,11+,12+,13-,14+/m0/s1. The molecule has 1 saturated heterocycles. The molecule has 0 spiro atoms. The van der Waals surface area contributed by atoms with E-state index in [9.17, 15) is 39.6 Å². The van der Waals surface area contributed by atoms with E-state index in [1.54, 1.807) is 0 Å². The van der Waals surface area contributed by atoms with Crippen molar-refractivity contribution in [2.75, 3.05) is 0 Å². The van der Waals surface area contributed by atoms with E-state index in [-0.39, 0.29) is 0 Å². The fourth-order valence-electron chi connectivity index (χ4n) is 3.14. The lowest BCUT2D eigenvalue weighted by atomic mass is 9.58. The summed E-state index contributed by atoms with van der Waals surface area (Å²) < 4.78 is 4.89. The first-order valence-corrected chi connectivity index (χ1v) is 6.77. The smallest absolute Gasteiger partial charge is 0.267 e. The van der Waals surface area contributed by atoms with E-state index in [0.29, 0.717) is 13.8 Å². The molecule has 23 heavy (non-hydrogen) atoms. The summed E-state index contributed by atoms with van der Waals surface area (Å²) in [6.45, 7) is 3.91. The second kappa shape index (κ2) is 5.25. The van der Waals surface area contributed by atoms with Crippen LogP contribution in [-0.2, 0) is 23.9 Å². The third-order valence-electron chi connectivity index (χ3n) is 4.53. The Labute approximate surface area is 131 Å². The van der Waals surface area contributed by atoms with Gasteiger partial charge in [-0.2, -0.15) is 0 Å². The van der Waals surface area contributed by atoms with Crippen LogP contribution < -0.4 is 0 Å². The van der Waals surface area contributed by atoms with Gasteiger partial charge in [0.25, 0.3) is 5.79 Å². The number of hydrogen-bond acceptors (Lipinski definition) is 9. The minimum Gasteiger partial charge on any atom is -0.376 e. The van der Waals surface area contributed by atoms with E-state index >= 15 is 0 Å². The van der Waals surface area contributed by atoms with Crippen LogP contribution in [0.15, 0.2) is 0 Å².